The van der Waals surface area contributed by atoms with Gasteiger partial charge in [0.2, 0.25) is 0 Å². The molecule has 20 heavy (non-hydrogen) atoms. The number of nitrogens with zero attached hydrogens (tertiary/aromatic N) is 3. The van der Waals surface area contributed by atoms with Gasteiger partial charge < -0.3 is 5.32 Å². The number of aromatic nitrogens is 1. The summed E-state index contributed by atoms with van der Waals surface area (Å²) in [5.74, 6) is 0. The van der Waals surface area contributed by atoms with Gasteiger partial charge in [-0.05, 0) is 44.1 Å². The van der Waals surface area contributed by atoms with Crippen LogP contribution in [0.5, 0.6) is 0 Å². The molecule has 0 aliphatic heterocycles. The predicted molar refractivity (Wildman–Crippen MR) is 80.7 cm³/mol. The van der Waals surface area contributed by atoms with Gasteiger partial charge in [0.15, 0.2) is 0 Å². The average molecular weight is 300 g/mol. The molecule has 0 saturated heterocycles. The van der Waals surface area contributed by atoms with Crippen molar-refractivity contribution < 1.29 is 8.42 Å². The van der Waals surface area contributed by atoms with Crippen molar-refractivity contribution in [2.24, 2.45) is 0 Å². The molecule has 0 radical (unpaired) electrons. The number of nitrogens with one attached hydrogen (secondary N) is 1. The molecule has 0 saturated carbocycles. The maximum Gasteiger partial charge on any atom is 0.281 e. The van der Waals surface area contributed by atoms with E-state index in [4.69, 9.17) is 0 Å². The van der Waals surface area contributed by atoms with Crippen molar-refractivity contribution in [3.8, 4) is 0 Å². The summed E-state index contributed by atoms with van der Waals surface area (Å²) in [6.45, 7) is 1.78. The number of hydrogen-bond donors (Lipinski definition) is 1. The average Bonchev–Trinajstić information content (AvgIpc) is 2.45. The normalized spacial score (nSPS) is 12.2. The van der Waals surface area contributed by atoms with Crippen LogP contribution in [-0.2, 0) is 16.6 Å². The van der Waals surface area contributed by atoms with Gasteiger partial charge in [0.05, 0.1) is 0 Å². The van der Waals surface area contributed by atoms with Crippen LogP contribution in [0.1, 0.15) is 12.0 Å². The van der Waals surface area contributed by atoms with Crippen LogP contribution in [0.3, 0.4) is 0 Å². The molecule has 1 heterocycles. The van der Waals surface area contributed by atoms with E-state index in [2.05, 4.69) is 10.3 Å². The Labute approximate surface area is 122 Å². The summed E-state index contributed by atoms with van der Waals surface area (Å²) in [6, 6.07) is 3.80. The highest BCUT2D eigenvalue weighted by molar-refractivity contribution is 7.86. The molecule has 0 aliphatic rings. The summed E-state index contributed by atoms with van der Waals surface area (Å²) in [6.07, 6.45) is 4.91. The minimum Gasteiger partial charge on any atom is -0.320 e. The van der Waals surface area contributed by atoms with E-state index in [9.17, 15) is 8.42 Å². The molecular formula is C13H24N4O2S. The van der Waals surface area contributed by atoms with E-state index in [1.807, 2.05) is 19.2 Å². The van der Waals surface area contributed by atoms with Crippen LogP contribution in [0.4, 0.5) is 0 Å². The lowest BCUT2D eigenvalue weighted by atomic mass is 10.2. The van der Waals surface area contributed by atoms with Crippen LogP contribution < -0.4 is 5.32 Å². The first kappa shape index (κ1) is 17.0. The lowest BCUT2D eigenvalue weighted by molar-refractivity contribution is 0.389. The largest absolute Gasteiger partial charge is 0.320 e. The second-order valence-electron chi connectivity index (χ2n) is 4.71. The summed E-state index contributed by atoms with van der Waals surface area (Å²) in [4.78, 5) is 3.95. The Balaban J connectivity index is 2.49. The molecule has 6 nitrogen and oxygen atoms in total. The van der Waals surface area contributed by atoms with Gasteiger partial charge in [-0.2, -0.15) is 17.0 Å². The molecule has 1 N–H and O–H groups in total. The van der Waals surface area contributed by atoms with Gasteiger partial charge >= 0.3 is 0 Å². The van der Waals surface area contributed by atoms with E-state index < -0.39 is 10.2 Å². The SMILES string of the molecule is CNCCCN(C)S(=O)(=O)N(C)CCc1ccncc1. The third kappa shape index (κ3) is 5.16. The molecule has 1 aromatic rings. The molecule has 0 aromatic carbocycles. The van der Waals surface area contributed by atoms with Crippen molar-refractivity contribution in [3.05, 3.63) is 30.1 Å². The fraction of sp³-hybridized carbons (Fsp3) is 0.615. The topological polar surface area (TPSA) is 65.5 Å². The summed E-state index contributed by atoms with van der Waals surface area (Å²) in [7, 11) is 1.73. The molecule has 0 atom stereocenters. The van der Waals surface area contributed by atoms with Crippen LogP contribution in [0, 0.1) is 0 Å². The molecule has 0 unspecified atom stereocenters. The van der Waals surface area contributed by atoms with Crippen LogP contribution in [0.15, 0.2) is 24.5 Å². The fourth-order valence-electron chi connectivity index (χ4n) is 1.78. The zero-order valence-electron chi connectivity index (χ0n) is 12.4. The Morgan fingerprint density at radius 2 is 1.75 bits per heavy atom. The second kappa shape index (κ2) is 8.31. The minimum absolute atomic E-state index is 0.461. The molecule has 0 aliphatic carbocycles. The van der Waals surface area contributed by atoms with Gasteiger partial charge in [0, 0.05) is 39.6 Å². The number of pyridine rings is 1. The summed E-state index contributed by atoms with van der Waals surface area (Å²) in [5, 5.41) is 3.01. The van der Waals surface area contributed by atoms with Crippen LogP contribution in [0.2, 0.25) is 0 Å². The molecular weight excluding hydrogens is 276 g/mol. The Morgan fingerprint density at radius 3 is 2.35 bits per heavy atom. The van der Waals surface area contributed by atoms with Crippen molar-refractivity contribution in [1.29, 1.82) is 0 Å². The van der Waals surface area contributed by atoms with Crippen molar-refractivity contribution >= 4 is 10.2 Å². The Morgan fingerprint density at radius 1 is 1.15 bits per heavy atom. The van der Waals surface area contributed by atoms with Gasteiger partial charge in [0.25, 0.3) is 10.2 Å². The maximum atomic E-state index is 12.3. The van der Waals surface area contributed by atoms with Gasteiger partial charge in [-0.15, -0.1) is 0 Å². The van der Waals surface area contributed by atoms with E-state index in [1.54, 1.807) is 26.5 Å². The zero-order chi connectivity index (χ0) is 15.0. The number of likely N-dealkylation sites (N-methyl/N-ethyl adjacent to an activating group) is 1. The van der Waals surface area contributed by atoms with Crippen molar-refractivity contribution in [2.45, 2.75) is 12.8 Å². The zero-order valence-corrected chi connectivity index (χ0v) is 13.2. The Hall–Kier alpha value is -1.02. The van der Waals surface area contributed by atoms with Crippen molar-refractivity contribution in [3.63, 3.8) is 0 Å². The van der Waals surface area contributed by atoms with Crippen LogP contribution in [-0.4, -0.2) is 62.8 Å². The molecule has 0 spiro atoms. The number of rotatable bonds is 9. The van der Waals surface area contributed by atoms with E-state index in [-0.39, 0.29) is 0 Å². The number of hydrogen-bond acceptors (Lipinski definition) is 4. The molecule has 1 aromatic heterocycles. The third-order valence-electron chi connectivity index (χ3n) is 3.15. The second-order valence-corrected chi connectivity index (χ2v) is 6.86. The predicted octanol–water partition coefficient (Wildman–Crippen LogP) is 0.342. The smallest absolute Gasteiger partial charge is 0.281 e. The van der Waals surface area contributed by atoms with Crippen molar-refractivity contribution in [1.82, 2.24) is 18.9 Å². The first-order valence-corrected chi connectivity index (χ1v) is 8.09. The standard InChI is InChI=1S/C13H24N4O2S/c1-14-8-4-11-16(2)20(18,19)17(3)12-7-13-5-9-15-10-6-13/h5-6,9-10,14H,4,7-8,11-12H2,1-3H3. The minimum atomic E-state index is -3.37. The Bertz CT molecular complexity index is 478. The molecule has 114 valence electrons. The monoisotopic (exact) mass is 300 g/mol. The quantitative estimate of drug-likeness (QED) is 0.668. The van der Waals surface area contributed by atoms with E-state index in [0.717, 1.165) is 18.5 Å². The van der Waals surface area contributed by atoms with E-state index >= 15 is 0 Å². The Kier molecular flexibility index (Phi) is 7.08. The first-order valence-electron chi connectivity index (χ1n) is 6.69. The fourth-order valence-corrected chi connectivity index (χ4v) is 2.94. The van der Waals surface area contributed by atoms with Gasteiger partial charge in [-0.3, -0.25) is 4.98 Å². The molecule has 0 amide bonds. The highest BCUT2D eigenvalue weighted by atomic mass is 32.2. The van der Waals surface area contributed by atoms with E-state index in [0.29, 0.717) is 19.5 Å². The summed E-state index contributed by atoms with van der Waals surface area (Å²) >= 11 is 0. The highest BCUT2D eigenvalue weighted by Gasteiger charge is 2.22. The molecule has 7 heteroatoms. The third-order valence-corrected chi connectivity index (χ3v) is 5.09. The lowest BCUT2D eigenvalue weighted by Gasteiger charge is -2.24. The molecule has 1 rings (SSSR count). The van der Waals surface area contributed by atoms with Gasteiger partial charge in [-0.25, -0.2) is 0 Å². The van der Waals surface area contributed by atoms with Crippen LogP contribution >= 0.6 is 0 Å². The van der Waals surface area contributed by atoms with Gasteiger partial charge in [0.1, 0.15) is 0 Å². The first-order chi connectivity index (χ1) is 9.48. The van der Waals surface area contributed by atoms with Gasteiger partial charge in [-0.1, -0.05) is 0 Å². The van der Waals surface area contributed by atoms with Crippen LogP contribution in [0.25, 0.3) is 0 Å². The summed E-state index contributed by atoms with van der Waals surface area (Å²) < 4.78 is 27.3. The van der Waals surface area contributed by atoms with Crippen molar-refractivity contribution in [2.75, 3.05) is 40.8 Å². The highest BCUT2D eigenvalue weighted by Crippen LogP contribution is 2.07. The summed E-state index contributed by atoms with van der Waals surface area (Å²) in [5.41, 5.74) is 1.08. The maximum absolute atomic E-state index is 12.3. The van der Waals surface area contributed by atoms with E-state index in [1.165, 1.54) is 8.61 Å². The lowest BCUT2D eigenvalue weighted by Crippen LogP contribution is -2.41. The molecule has 0 bridgehead atoms. The molecule has 0 fully saturated rings.